The Morgan fingerprint density at radius 1 is 1.14 bits per heavy atom. The number of nitrogens with one attached hydrogen (secondary N) is 1. The Morgan fingerprint density at radius 2 is 1.93 bits per heavy atom. The zero-order valence-electron chi connectivity index (χ0n) is 16.4. The molecule has 28 heavy (non-hydrogen) atoms. The van der Waals surface area contributed by atoms with Gasteiger partial charge in [0, 0.05) is 4.47 Å². The molecule has 0 unspecified atom stereocenters. The first-order chi connectivity index (χ1) is 13.1. The molecule has 154 valence electrons. The van der Waals surface area contributed by atoms with E-state index in [1.54, 1.807) is 0 Å². The van der Waals surface area contributed by atoms with Gasteiger partial charge in [-0.15, -0.1) is 0 Å². The number of carbonyl (C=O) groups is 1. The molecule has 1 amide bonds. The molecule has 0 aliphatic carbocycles. The smallest absolute Gasteiger partial charge is 0.224 e. The van der Waals surface area contributed by atoms with Crippen LogP contribution in [0.15, 0.2) is 28.7 Å². The van der Waals surface area contributed by atoms with Crippen molar-refractivity contribution in [1.82, 2.24) is 5.32 Å². The lowest BCUT2D eigenvalue weighted by atomic mass is 10.0. The predicted molar refractivity (Wildman–Crippen MR) is 103 cm³/mol. The number of benzene rings is 1. The van der Waals surface area contributed by atoms with Gasteiger partial charge in [0.2, 0.25) is 5.91 Å². The zero-order valence-corrected chi connectivity index (χ0v) is 18.0. The van der Waals surface area contributed by atoms with E-state index < -0.39 is 36.1 Å². The fourth-order valence-corrected chi connectivity index (χ4v) is 4.41. The molecule has 1 aromatic rings. The maximum absolute atomic E-state index is 12.8. The van der Waals surface area contributed by atoms with E-state index in [0.29, 0.717) is 6.61 Å². The van der Waals surface area contributed by atoms with Gasteiger partial charge in [0.05, 0.1) is 19.1 Å². The van der Waals surface area contributed by atoms with Gasteiger partial charge in [-0.05, 0) is 45.4 Å². The van der Waals surface area contributed by atoms with Gasteiger partial charge >= 0.3 is 0 Å². The third-order valence-corrected chi connectivity index (χ3v) is 5.56. The van der Waals surface area contributed by atoms with Crippen molar-refractivity contribution in [2.45, 2.75) is 76.3 Å². The SMILES string of the molecule is CC1(C)O[C@H]2O[C@H]([C@H]3COC(C)(C)O3)[C@@H](NC(=O)Cc3cccc(Br)c3)[C@H]2O1. The summed E-state index contributed by atoms with van der Waals surface area (Å²) in [6.45, 7) is 7.78. The first kappa shape index (κ1) is 20.3. The monoisotopic (exact) mass is 455 g/mol. The highest BCUT2D eigenvalue weighted by Crippen LogP contribution is 2.40. The summed E-state index contributed by atoms with van der Waals surface area (Å²) < 4.78 is 30.6. The van der Waals surface area contributed by atoms with Crippen LogP contribution in [0.2, 0.25) is 0 Å². The lowest BCUT2D eigenvalue weighted by Gasteiger charge is -2.29. The molecule has 3 aliphatic rings. The van der Waals surface area contributed by atoms with E-state index in [-0.39, 0.29) is 18.4 Å². The van der Waals surface area contributed by atoms with Gasteiger partial charge in [0.15, 0.2) is 17.9 Å². The van der Waals surface area contributed by atoms with Gasteiger partial charge in [-0.25, -0.2) is 0 Å². The van der Waals surface area contributed by atoms with Gasteiger partial charge in [0.1, 0.15) is 18.3 Å². The molecule has 3 fully saturated rings. The third-order valence-electron chi connectivity index (χ3n) is 5.07. The Bertz CT molecular complexity index is 754. The molecule has 0 saturated carbocycles. The van der Waals surface area contributed by atoms with Crippen LogP contribution in [0, 0.1) is 0 Å². The summed E-state index contributed by atoms with van der Waals surface area (Å²) in [5.41, 5.74) is 0.921. The minimum Gasteiger partial charge on any atom is -0.348 e. The maximum Gasteiger partial charge on any atom is 0.224 e. The Morgan fingerprint density at radius 3 is 2.61 bits per heavy atom. The number of carbonyl (C=O) groups excluding carboxylic acids is 1. The number of fused-ring (bicyclic) bond motifs is 1. The highest BCUT2D eigenvalue weighted by atomic mass is 79.9. The first-order valence-electron chi connectivity index (χ1n) is 9.49. The van der Waals surface area contributed by atoms with Crippen molar-refractivity contribution in [2.24, 2.45) is 0 Å². The summed E-state index contributed by atoms with van der Waals surface area (Å²) in [6.07, 6.45) is -1.42. The quantitative estimate of drug-likeness (QED) is 0.751. The average Bonchev–Trinajstić information content (AvgIpc) is 3.18. The summed E-state index contributed by atoms with van der Waals surface area (Å²) in [4.78, 5) is 12.8. The number of amides is 1. The number of hydrogen-bond donors (Lipinski definition) is 1. The summed E-state index contributed by atoms with van der Waals surface area (Å²) in [6, 6.07) is 7.29. The molecule has 5 atom stereocenters. The molecule has 0 bridgehead atoms. The van der Waals surface area contributed by atoms with Crippen LogP contribution in [0.5, 0.6) is 0 Å². The highest BCUT2D eigenvalue weighted by Gasteiger charge is 2.58. The lowest BCUT2D eigenvalue weighted by molar-refractivity contribution is -0.223. The van der Waals surface area contributed by atoms with Crippen LogP contribution in [-0.2, 0) is 34.9 Å². The second-order valence-electron chi connectivity index (χ2n) is 8.34. The van der Waals surface area contributed by atoms with E-state index in [9.17, 15) is 4.79 Å². The van der Waals surface area contributed by atoms with E-state index >= 15 is 0 Å². The van der Waals surface area contributed by atoms with Crippen LogP contribution >= 0.6 is 15.9 Å². The van der Waals surface area contributed by atoms with Crippen molar-refractivity contribution in [1.29, 1.82) is 0 Å². The van der Waals surface area contributed by atoms with Crippen molar-refractivity contribution >= 4 is 21.8 Å². The number of halogens is 1. The number of ether oxygens (including phenoxy) is 5. The molecule has 0 spiro atoms. The minimum absolute atomic E-state index is 0.108. The van der Waals surface area contributed by atoms with E-state index in [1.807, 2.05) is 52.0 Å². The average molecular weight is 456 g/mol. The van der Waals surface area contributed by atoms with Crippen LogP contribution < -0.4 is 5.32 Å². The van der Waals surface area contributed by atoms with Crippen LogP contribution in [0.25, 0.3) is 0 Å². The summed E-state index contributed by atoms with van der Waals surface area (Å²) in [7, 11) is 0. The maximum atomic E-state index is 12.8. The van der Waals surface area contributed by atoms with Gasteiger partial charge in [-0.2, -0.15) is 0 Å². The Kier molecular flexibility index (Phi) is 5.31. The molecule has 1 N–H and O–H groups in total. The molecule has 7 nitrogen and oxygen atoms in total. The molecule has 4 rings (SSSR count). The molecule has 8 heteroatoms. The third kappa shape index (κ3) is 4.27. The van der Waals surface area contributed by atoms with E-state index in [1.165, 1.54) is 0 Å². The summed E-state index contributed by atoms with van der Waals surface area (Å²) >= 11 is 3.44. The number of hydrogen-bond acceptors (Lipinski definition) is 6. The Hall–Kier alpha value is -1.03. The molecule has 0 aromatic heterocycles. The first-order valence-corrected chi connectivity index (χ1v) is 10.3. The van der Waals surface area contributed by atoms with Gasteiger partial charge in [-0.3, -0.25) is 4.79 Å². The van der Waals surface area contributed by atoms with Gasteiger partial charge in [0.25, 0.3) is 0 Å². The molecular formula is C20H26BrNO6. The molecule has 3 aliphatic heterocycles. The van der Waals surface area contributed by atoms with Gasteiger partial charge < -0.3 is 29.0 Å². The zero-order chi connectivity index (χ0) is 20.1. The fourth-order valence-electron chi connectivity index (χ4n) is 3.96. The van der Waals surface area contributed by atoms with Crippen molar-refractivity contribution in [3.63, 3.8) is 0 Å². The second kappa shape index (κ2) is 7.34. The van der Waals surface area contributed by atoms with Crippen LogP contribution in [0.4, 0.5) is 0 Å². The largest absolute Gasteiger partial charge is 0.348 e. The lowest BCUT2D eigenvalue weighted by Crippen LogP contribution is -2.52. The van der Waals surface area contributed by atoms with Crippen molar-refractivity contribution in [2.75, 3.05) is 6.61 Å². The summed E-state index contributed by atoms with van der Waals surface area (Å²) in [5.74, 6) is -1.55. The fraction of sp³-hybridized carbons (Fsp3) is 0.650. The highest BCUT2D eigenvalue weighted by molar-refractivity contribution is 9.10. The van der Waals surface area contributed by atoms with E-state index in [2.05, 4.69) is 21.2 Å². The summed E-state index contributed by atoms with van der Waals surface area (Å²) in [5, 5.41) is 3.09. The van der Waals surface area contributed by atoms with Crippen LogP contribution in [0.1, 0.15) is 33.3 Å². The molecular weight excluding hydrogens is 430 g/mol. The van der Waals surface area contributed by atoms with Crippen molar-refractivity contribution < 1.29 is 28.5 Å². The topological polar surface area (TPSA) is 75.3 Å². The molecule has 3 heterocycles. The van der Waals surface area contributed by atoms with E-state index in [4.69, 9.17) is 23.7 Å². The normalized spacial score (nSPS) is 35.7. The van der Waals surface area contributed by atoms with E-state index in [0.717, 1.165) is 10.0 Å². The Balaban J connectivity index is 1.49. The standard InChI is InChI=1S/C20H26BrNO6/c1-19(2)24-10-13(26-19)16-15(17-18(25-16)28-20(3,4)27-17)22-14(23)9-11-6-5-7-12(21)8-11/h5-8,13,15-18H,9-10H2,1-4H3,(H,22,23)/t13-,15-,16-,17-,18-/m1/s1. The minimum atomic E-state index is -0.764. The van der Waals surface area contributed by atoms with Crippen molar-refractivity contribution in [3.8, 4) is 0 Å². The van der Waals surface area contributed by atoms with Crippen molar-refractivity contribution in [3.05, 3.63) is 34.3 Å². The molecule has 3 saturated heterocycles. The number of rotatable bonds is 4. The predicted octanol–water partition coefficient (Wildman–Crippen LogP) is 2.50. The van der Waals surface area contributed by atoms with Crippen LogP contribution in [0.3, 0.4) is 0 Å². The molecule has 0 radical (unpaired) electrons. The molecule has 1 aromatic carbocycles. The van der Waals surface area contributed by atoms with Gasteiger partial charge in [-0.1, -0.05) is 28.1 Å². The Labute approximate surface area is 173 Å². The van der Waals surface area contributed by atoms with Crippen LogP contribution in [-0.4, -0.2) is 54.7 Å². The second-order valence-corrected chi connectivity index (χ2v) is 9.25.